The van der Waals surface area contributed by atoms with E-state index in [9.17, 15) is 0 Å². The molecule has 0 N–H and O–H groups in total. The highest BCUT2D eigenvalue weighted by atomic mass is 32.2. The summed E-state index contributed by atoms with van der Waals surface area (Å²) in [6.45, 7) is 3.49. The van der Waals surface area contributed by atoms with Gasteiger partial charge in [0, 0.05) is 12.8 Å². The van der Waals surface area contributed by atoms with Crippen molar-refractivity contribution in [1.29, 1.82) is 0 Å². The smallest absolute Gasteiger partial charge is 0.220 e. The third kappa shape index (κ3) is 2.10. The largest absolute Gasteiger partial charge is 0.466 e. The van der Waals surface area contributed by atoms with Crippen molar-refractivity contribution in [3.63, 3.8) is 0 Å². The molecule has 2 heterocycles. The van der Waals surface area contributed by atoms with Gasteiger partial charge in [0.25, 0.3) is 0 Å². The van der Waals surface area contributed by atoms with Crippen LogP contribution in [-0.2, 0) is 14.2 Å². The lowest BCUT2D eigenvalue weighted by Crippen LogP contribution is -2.54. The second-order valence-corrected chi connectivity index (χ2v) is 5.85. The van der Waals surface area contributed by atoms with E-state index in [1.54, 1.807) is 0 Å². The van der Waals surface area contributed by atoms with Crippen LogP contribution in [0.4, 0.5) is 0 Å². The second kappa shape index (κ2) is 4.80. The summed E-state index contributed by atoms with van der Waals surface area (Å²) in [5.74, 6) is -0.564. The van der Waals surface area contributed by atoms with Crippen molar-refractivity contribution in [2.24, 2.45) is 0 Å². The Morgan fingerprint density at radius 2 is 2.00 bits per heavy atom. The molecule has 3 nitrogen and oxygen atoms in total. The molecule has 2 aliphatic rings. The van der Waals surface area contributed by atoms with Gasteiger partial charge in [-0.2, -0.15) is 0 Å². The van der Waals surface area contributed by atoms with Crippen LogP contribution in [0.3, 0.4) is 0 Å². The topological polar surface area (TPSA) is 27.7 Å². The van der Waals surface area contributed by atoms with E-state index in [0.717, 1.165) is 32.3 Å². The van der Waals surface area contributed by atoms with Gasteiger partial charge in [-0.05, 0) is 38.2 Å². The van der Waals surface area contributed by atoms with Gasteiger partial charge in [-0.1, -0.05) is 11.8 Å². The maximum Gasteiger partial charge on any atom is 0.220 e. The zero-order valence-corrected chi connectivity index (χ0v) is 11.4. The number of thioether (sulfide) groups is 1. The van der Waals surface area contributed by atoms with Crippen LogP contribution in [0, 0.1) is 0 Å². The van der Waals surface area contributed by atoms with Gasteiger partial charge in [-0.3, -0.25) is 0 Å². The number of hydrogen-bond acceptors (Lipinski definition) is 5. The van der Waals surface area contributed by atoms with E-state index >= 15 is 0 Å². The molecule has 0 radical (unpaired) electrons. The molecule has 2 rings (SSSR count). The minimum absolute atomic E-state index is 0.423. The summed E-state index contributed by atoms with van der Waals surface area (Å²) in [4.78, 5) is 0. The third-order valence-electron chi connectivity index (χ3n) is 3.43. The Morgan fingerprint density at radius 3 is 2.62 bits per heavy atom. The molecule has 0 amide bonds. The van der Waals surface area contributed by atoms with Crippen LogP contribution in [0.2, 0.25) is 0 Å². The first-order chi connectivity index (χ1) is 7.62. The summed E-state index contributed by atoms with van der Waals surface area (Å²) in [5, 5.41) is 0. The minimum Gasteiger partial charge on any atom is -0.466 e. The zero-order valence-electron chi connectivity index (χ0n) is 9.78. The Hall–Kier alpha value is 0.160. The van der Waals surface area contributed by atoms with Gasteiger partial charge >= 0.3 is 0 Å². The van der Waals surface area contributed by atoms with Gasteiger partial charge in [0.2, 0.25) is 10.2 Å². The van der Waals surface area contributed by atoms with Gasteiger partial charge in [0.1, 0.15) is 0 Å². The van der Waals surface area contributed by atoms with Gasteiger partial charge in [0.05, 0.1) is 13.2 Å². The van der Waals surface area contributed by atoms with Gasteiger partial charge < -0.3 is 14.2 Å². The van der Waals surface area contributed by atoms with Crippen molar-refractivity contribution in [3.05, 3.63) is 0 Å². The summed E-state index contributed by atoms with van der Waals surface area (Å²) < 4.78 is 18.2. The Kier molecular flexibility index (Phi) is 3.79. The molecule has 1 spiro atoms. The maximum absolute atomic E-state index is 5.89. The number of hydrogen-bond donors (Lipinski definition) is 0. The molecule has 16 heavy (non-hydrogen) atoms. The fourth-order valence-corrected chi connectivity index (χ4v) is 2.86. The van der Waals surface area contributed by atoms with E-state index in [4.69, 9.17) is 26.4 Å². The highest BCUT2D eigenvalue weighted by Crippen LogP contribution is 2.45. The van der Waals surface area contributed by atoms with Gasteiger partial charge in [-0.15, -0.1) is 0 Å². The van der Waals surface area contributed by atoms with Crippen molar-refractivity contribution in [2.75, 3.05) is 19.5 Å². The van der Waals surface area contributed by atoms with Crippen LogP contribution in [0.25, 0.3) is 0 Å². The third-order valence-corrected chi connectivity index (χ3v) is 4.43. The van der Waals surface area contributed by atoms with Gasteiger partial charge in [-0.25, -0.2) is 0 Å². The Morgan fingerprint density at radius 1 is 1.25 bits per heavy atom. The molecule has 5 heteroatoms. The van der Waals surface area contributed by atoms with Crippen molar-refractivity contribution >= 4 is 28.4 Å². The van der Waals surface area contributed by atoms with Crippen molar-refractivity contribution in [1.82, 2.24) is 0 Å². The van der Waals surface area contributed by atoms with Crippen LogP contribution < -0.4 is 0 Å². The first-order valence-electron chi connectivity index (χ1n) is 5.67. The first-order valence-corrected chi connectivity index (χ1v) is 7.30. The molecule has 2 fully saturated rings. The van der Waals surface area contributed by atoms with E-state index in [1.165, 1.54) is 11.8 Å². The second-order valence-electron chi connectivity index (χ2n) is 4.44. The summed E-state index contributed by atoms with van der Waals surface area (Å²) in [7, 11) is 0. The molecule has 92 valence electrons. The molecular formula is C11H18O3S2. The minimum atomic E-state index is -0.564. The predicted molar refractivity (Wildman–Crippen MR) is 68.7 cm³/mol. The normalized spacial score (nSPS) is 38.9. The molecular weight excluding hydrogens is 244 g/mol. The molecule has 2 aliphatic heterocycles. The Balaban J connectivity index is 2.14. The van der Waals surface area contributed by atoms with Crippen molar-refractivity contribution in [2.45, 2.75) is 44.0 Å². The average molecular weight is 262 g/mol. The fourth-order valence-electron chi connectivity index (χ4n) is 2.41. The molecule has 2 saturated heterocycles. The van der Waals surface area contributed by atoms with Crippen LogP contribution in [0.1, 0.15) is 32.6 Å². The predicted octanol–water partition coefficient (Wildman–Crippen LogP) is 2.73. The Labute approximate surface area is 106 Å². The molecule has 2 atom stereocenters. The lowest BCUT2D eigenvalue weighted by molar-refractivity contribution is -0.287. The molecule has 0 aromatic carbocycles. The lowest BCUT2D eigenvalue weighted by atomic mass is 9.88. The summed E-state index contributed by atoms with van der Waals surface area (Å²) in [6.07, 6.45) is 5.91. The maximum atomic E-state index is 5.89. The molecule has 0 saturated carbocycles. The highest BCUT2D eigenvalue weighted by molar-refractivity contribution is 8.22. The molecule has 0 unspecified atom stereocenters. The van der Waals surface area contributed by atoms with E-state index in [1.807, 2.05) is 13.2 Å². The Bertz CT molecular complexity index is 276. The van der Waals surface area contributed by atoms with Crippen LogP contribution in [0.5, 0.6) is 0 Å². The molecule has 0 aromatic rings. The van der Waals surface area contributed by atoms with Crippen molar-refractivity contribution < 1.29 is 14.2 Å². The highest BCUT2D eigenvalue weighted by Gasteiger charge is 2.57. The van der Waals surface area contributed by atoms with E-state index in [-0.39, 0.29) is 0 Å². The summed E-state index contributed by atoms with van der Waals surface area (Å²) in [6, 6.07) is 0. The summed E-state index contributed by atoms with van der Waals surface area (Å²) in [5.41, 5.74) is -0.423. The number of thiocarbonyl (C=S) groups is 1. The fraction of sp³-hybridized carbons (Fsp3) is 0.909. The first kappa shape index (κ1) is 12.6. The molecule has 0 bridgehead atoms. The van der Waals surface area contributed by atoms with Gasteiger partial charge in [0.15, 0.2) is 5.60 Å². The number of rotatable bonds is 1. The number of ether oxygens (including phenoxy) is 3. The van der Waals surface area contributed by atoms with E-state index in [0.29, 0.717) is 11.0 Å². The lowest BCUT2D eigenvalue weighted by Gasteiger charge is -2.43. The van der Waals surface area contributed by atoms with E-state index in [2.05, 4.69) is 0 Å². The quantitative estimate of drug-likeness (QED) is 0.677. The summed E-state index contributed by atoms with van der Waals surface area (Å²) >= 11 is 6.60. The average Bonchev–Trinajstić information content (AvgIpc) is 2.57. The zero-order chi connectivity index (χ0) is 11.6. The molecule has 0 aliphatic carbocycles. The van der Waals surface area contributed by atoms with Crippen LogP contribution in [0.15, 0.2) is 0 Å². The monoisotopic (exact) mass is 262 g/mol. The van der Waals surface area contributed by atoms with E-state index < -0.39 is 11.4 Å². The standard InChI is InChI=1S/C11H18O3S2/c1-10(14-9(15)16-2)6-8-13-11(10)5-3-4-7-12-11/h3-8H2,1-2H3/t10-,11-/m0/s1. The van der Waals surface area contributed by atoms with Crippen LogP contribution >= 0.6 is 24.0 Å². The van der Waals surface area contributed by atoms with Crippen LogP contribution in [-0.4, -0.2) is 35.2 Å². The van der Waals surface area contributed by atoms with Crippen molar-refractivity contribution in [3.8, 4) is 0 Å². The SMILES string of the molecule is CSC(=S)O[C@@]1(C)CCO[C@@]12CCCCO2. The molecule has 0 aromatic heterocycles.